The van der Waals surface area contributed by atoms with E-state index in [1.165, 1.54) is 13.8 Å². The van der Waals surface area contributed by atoms with Gasteiger partial charge in [-0.1, -0.05) is 28.3 Å². The first kappa shape index (κ1) is 17.8. The maximum atomic E-state index is 12.9. The fraction of sp³-hybridized carbons (Fsp3) is 0.294. The number of aryl methyl sites for hydroxylation is 4. The Morgan fingerprint density at radius 1 is 1.21 bits per heavy atom. The number of terminal acetylenes is 1. The van der Waals surface area contributed by atoms with Crippen LogP contribution in [-0.4, -0.2) is 30.3 Å². The molecular formula is C17H18N2O4S. The summed E-state index contributed by atoms with van der Waals surface area (Å²) in [6.45, 7) is 6.26. The molecule has 0 atom stereocenters. The van der Waals surface area contributed by atoms with Crippen molar-refractivity contribution < 1.29 is 17.7 Å². The average molecular weight is 346 g/mol. The summed E-state index contributed by atoms with van der Waals surface area (Å²) < 4.78 is 31.4. The fourth-order valence-corrected chi connectivity index (χ4v) is 4.14. The van der Waals surface area contributed by atoms with Crippen LogP contribution in [0.1, 0.15) is 32.9 Å². The summed E-state index contributed by atoms with van der Waals surface area (Å²) in [6, 6.07) is 5.15. The second-order valence-electron chi connectivity index (χ2n) is 5.55. The first-order valence-electron chi connectivity index (χ1n) is 7.20. The van der Waals surface area contributed by atoms with Gasteiger partial charge in [0.15, 0.2) is 10.7 Å². The minimum Gasteiger partial charge on any atom is -0.360 e. The molecule has 1 amide bonds. The molecule has 0 aliphatic heterocycles. The number of amides is 1. The molecule has 6 nitrogen and oxygen atoms in total. The van der Waals surface area contributed by atoms with Crippen molar-refractivity contribution >= 4 is 15.9 Å². The summed E-state index contributed by atoms with van der Waals surface area (Å²) in [5.74, 6) is 1.66. The molecule has 0 bridgehead atoms. The van der Waals surface area contributed by atoms with Crippen molar-refractivity contribution in [1.29, 1.82) is 0 Å². The molecule has 0 aliphatic carbocycles. The normalized spacial score (nSPS) is 11.1. The molecule has 1 aromatic heterocycles. The molecule has 0 N–H and O–H groups in total. The Labute approximate surface area is 141 Å². The monoisotopic (exact) mass is 346 g/mol. The fourth-order valence-electron chi connectivity index (χ4n) is 2.54. The summed E-state index contributed by atoms with van der Waals surface area (Å²) in [5, 5.41) is 3.64. The summed E-state index contributed by atoms with van der Waals surface area (Å²) in [6.07, 6.45) is 5.28. The maximum absolute atomic E-state index is 12.9. The van der Waals surface area contributed by atoms with Crippen LogP contribution in [0.15, 0.2) is 27.6 Å². The second-order valence-corrected chi connectivity index (χ2v) is 7.35. The summed E-state index contributed by atoms with van der Waals surface area (Å²) in [5.41, 5.74) is 2.16. The Morgan fingerprint density at radius 2 is 1.79 bits per heavy atom. The number of aromatic nitrogens is 1. The van der Waals surface area contributed by atoms with Gasteiger partial charge >= 0.3 is 0 Å². The Balaban J connectivity index is 2.57. The molecule has 1 aromatic carbocycles. The standard InChI is InChI=1S/C17H18N2O4S/c1-6-7-19(17(20)15-9-11(2)8-12(3)10-15)24(21,22)16-13(4)18-23-14(16)5/h1,8-10H,7H2,2-5H3. The van der Waals surface area contributed by atoms with Crippen molar-refractivity contribution in [2.45, 2.75) is 32.6 Å². The number of hydrogen-bond acceptors (Lipinski definition) is 5. The van der Waals surface area contributed by atoms with E-state index in [-0.39, 0.29) is 28.5 Å². The highest BCUT2D eigenvalue weighted by atomic mass is 32.2. The molecule has 2 rings (SSSR count). The molecule has 0 saturated heterocycles. The van der Waals surface area contributed by atoms with Gasteiger partial charge in [0, 0.05) is 5.56 Å². The van der Waals surface area contributed by atoms with Crippen LogP contribution in [0.2, 0.25) is 0 Å². The predicted octanol–water partition coefficient (Wildman–Crippen LogP) is 2.37. The van der Waals surface area contributed by atoms with Gasteiger partial charge in [0.2, 0.25) is 0 Å². The molecule has 0 saturated carbocycles. The van der Waals surface area contributed by atoms with Gasteiger partial charge < -0.3 is 4.52 Å². The van der Waals surface area contributed by atoms with Crippen LogP contribution in [0.4, 0.5) is 0 Å². The molecule has 0 radical (unpaired) electrons. The van der Waals surface area contributed by atoms with Gasteiger partial charge in [0.1, 0.15) is 5.69 Å². The lowest BCUT2D eigenvalue weighted by atomic mass is 10.1. The van der Waals surface area contributed by atoms with E-state index < -0.39 is 15.9 Å². The van der Waals surface area contributed by atoms with E-state index in [0.717, 1.165) is 11.1 Å². The molecule has 0 unspecified atom stereocenters. The lowest BCUT2D eigenvalue weighted by molar-refractivity contribution is 0.0872. The van der Waals surface area contributed by atoms with Crippen LogP contribution in [0.3, 0.4) is 0 Å². The molecule has 0 spiro atoms. The minimum absolute atomic E-state index is 0.114. The Kier molecular flexibility index (Phi) is 4.81. The molecule has 1 heterocycles. The van der Waals surface area contributed by atoms with Gasteiger partial charge in [-0.15, -0.1) is 6.42 Å². The van der Waals surface area contributed by atoms with Gasteiger partial charge in [-0.3, -0.25) is 4.79 Å². The first-order valence-corrected chi connectivity index (χ1v) is 8.64. The first-order chi connectivity index (χ1) is 11.2. The number of carbonyl (C=O) groups excluding carboxylic acids is 1. The maximum Gasteiger partial charge on any atom is 0.273 e. The second kappa shape index (κ2) is 6.49. The summed E-state index contributed by atoms with van der Waals surface area (Å²) >= 11 is 0. The van der Waals surface area contributed by atoms with Crippen molar-refractivity contribution in [3.63, 3.8) is 0 Å². The Morgan fingerprint density at radius 3 is 2.25 bits per heavy atom. The largest absolute Gasteiger partial charge is 0.360 e. The lowest BCUT2D eigenvalue weighted by Gasteiger charge is -2.20. The van der Waals surface area contributed by atoms with Crippen LogP contribution in [0.5, 0.6) is 0 Å². The summed E-state index contributed by atoms with van der Waals surface area (Å²) in [4.78, 5) is 12.7. The minimum atomic E-state index is -4.17. The van der Waals surface area contributed by atoms with Gasteiger partial charge in [-0.05, 0) is 39.8 Å². The highest BCUT2D eigenvalue weighted by Crippen LogP contribution is 2.25. The van der Waals surface area contributed by atoms with E-state index in [9.17, 15) is 13.2 Å². The third-order valence-electron chi connectivity index (χ3n) is 3.45. The Hall–Kier alpha value is -2.59. The lowest BCUT2D eigenvalue weighted by Crippen LogP contribution is -2.37. The molecule has 0 fully saturated rings. The van der Waals surface area contributed by atoms with E-state index >= 15 is 0 Å². The third kappa shape index (κ3) is 3.19. The topological polar surface area (TPSA) is 80.5 Å². The Bertz CT molecular complexity index is 896. The molecule has 2 aromatic rings. The molecule has 24 heavy (non-hydrogen) atoms. The number of benzene rings is 1. The van der Waals surface area contributed by atoms with E-state index in [2.05, 4.69) is 11.1 Å². The van der Waals surface area contributed by atoms with Crippen molar-refractivity contribution in [1.82, 2.24) is 9.46 Å². The van der Waals surface area contributed by atoms with Crippen LogP contribution in [-0.2, 0) is 10.0 Å². The van der Waals surface area contributed by atoms with Crippen molar-refractivity contribution in [3.8, 4) is 12.3 Å². The van der Waals surface area contributed by atoms with Gasteiger partial charge in [-0.25, -0.2) is 12.7 Å². The zero-order valence-electron chi connectivity index (χ0n) is 14.0. The predicted molar refractivity (Wildman–Crippen MR) is 88.9 cm³/mol. The van der Waals surface area contributed by atoms with Crippen molar-refractivity contribution in [2.75, 3.05) is 6.54 Å². The van der Waals surface area contributed by atoms with Gasteiger partial charge in [0.05, 0.1) is 6.54 Å². The number of sulfonamides is 1. The number of rotatable bonds is 4. The smallest absolute Gasteiger partial charge is 0.273 e. The zero-order valence-corrected chi connectivity index (χ0v) is 14.8. The highest BCUT2D eigenvalue weighted by molar-refractivity contribution is 7.89. The molecule has 126 valence electrons. The molecule has 7 heteroatoms. The van der Waals surface area contributed by atoms with E-state index in [1.54, 1.807) is 12.1 Å². The molecule has 0 aliphatic rings. The number of hydrogen-bond donors (Lipinski definition) is 0. The SMILES string of the molecule is C#CCN(C(=O)c1cc(C)cc(C)c1)S(=O)(=O)c1c(C)noc1C. The van der Waals surface area contributed by atoms with Crippen LogP contribution >= 0.6 is 0 Å². The summed E-state index contributed by atoms with van der Waals surface area (Å²) in [7, 11) is -4.17. The van der Waals surface area contributed by atoms with Gasteiger partial charge in [0.25, 0.3) is 15.9 Å². The van der Waals surface area contributed by atoms with Crippen LogP contribution in [0, 0.1) is 40.0 Å². The average Bonchev–Trinajstić information content (AvgIpc) is 2.82. The van der Waals surface area contributed by atoms with Gasteiger partial charge in [-0.2, -0.15) is 0 Å². The number of carbonyl (C=O) groups is 1. The van der Waals surface area contributed by atoms with E-state index in [4.69, 9.17) is 10.9 Å². The number of nitrogens with zero attached hydrogens (tertiary/aromatic N) is 2. The van der Waals surface area contributed by atoms with Crippen LogP contribution in [0.25, 0.3) is 0 Å². The van der Waals surface area contributed by atoms with Crippen molar-refractivity contribution in [3.05, 3.63) is 46.3 Å². The quantitative estimate of drug-likeness (QED) is 0.794. The zero-order chi connectivity index (χ0) is 18.1. The van der Waals surface area contributed by atoms with Crippen molar-refractivity contribution in [2.24, 2.45) is 0 Å². The highest BCUT2D eigenvalue weighted by Gasteiger charge is 2.34. The molecular weight excluding hydrogens is 328 g/mol. The van der Waals surface area contributed by atoms with Crippen LogP contribution < -0.4 is 0 Å². The van der Waals surface area contributed by atoms with E-state index in [1.807, 2.05) is 19.9 Å². The third-order valence-corrected chi connectivity index (χ3v) is 5.42. The van der Waals surface area contributed by atoms with E-state index in [0.29, 0.717) is 4.31 Å².